The second-order valence-corrected chi connectivity index (χ2v) is 21.0. The van der Waals surface area contributed by atoms with Gasteiger partial charge in [-0.3, -0.25) is 18.6 Å². The Hall–Kier alpha value is -1.25. The smallest absolute Gasteiger partial charge is 0.462 e. The molecule has 0 spiro atoms. The summed E-state index contributed by atoms with van der Waals surface area (Å²) in [6.07, 6.45) is 60.7. The fraction of sp³-hybridized carbons (Fsp3) is 0.929. The van der Waals surface area contributed by atoms with E-state index in [9.17, 15) is 19.0 Å². The van der Waals surface area contributed by atoms with Gasteiger partial charge >= 0.3 is 19.8 Å². The zero-order chi connectivity index (χ0) is 48.1. The Morgan fingerprint density at radius 3 is 1.08 bits per heavy atom. The second-order valence-electron chi connectivity index (χ2n) is 19.5. The van der Waals surface area contributed by atoms with Crippen molar-refractivity contribution in [3.05, 3.63) is 12.2 Å². The third-order valence-electron chi connectivity index (χ3n) is 12.9. The molecule has 0 aliphatic carbocycles. The number of hydrogen-bond donors (Lipinski definition) is 2. The number of rotatable bonds is 55. The number of phosphoric acid groups is 1. The van der Waals surface area contributed by atoms with E-state index in [4.69, 9.17) is 24.3 Å². The highest BCUT2D eigenvalue weighted by molar-refractivity contribution is 7.47. The van der Waals surface area contributed by atoms with Crippen molar-refractivity contribution in [2.24, 2.45) is 5.73 Å². The van der Waals surface area contributed by atoms with Gasteiger partial charge in [0.1, 0.15) is 6.61 Å². The molecule has 0 aromatic carbocycles. The third-order valence-corrected chi connectivity index (χ3v) is 13.9. The SMILES string of the molecule is CCCCCCCCCC/C=C\CCCCCCCCCCCCCCCCCCCCCCCCCCCCCC(=O)OC(COC(=O)CCCCCCCC)COP(=O)(O)OCCN. The molecule has 0 amide bonds. The Morgan fingerprint density at radius 1 is 0.439 bits per heavy atom. The number of nitrogens with two attached hydrogens (primary N) is 1. The maximum absolute atomic E-state index is 12.6. The lowest BCUT2D eigenvalue weighted by Crippen LogP contribution is -2.29. The van der Waals surface area contributed by atoms with Gasteiger partial charge in [-0.1, -0.05) is 264 Å². The van der Waals surface area contributed by atoms with Crippen molar-refractivity contribution >= 4 is 19.8 Å². The fourth-order valence-electron chi connectivity index (χ4n) is 8.63. The zero-order valence-electron chi connectivity index (χ0n) is 43.7. The van der Waals surface area contributed by atoms with E-state index in [1.54, 1.807) is 0 Å². The van der Waals surface area contributed by atoms with Gasteiger partial charge in [0.2, 0.25) is 0 Å². The molecule has 9 nitrogen and oxygen atoms in total. The van der Waals surface area contributed by atoms with Crippen LogP contribution in [0.25, 0.3) is 0 Å². The van der Waals surface area contributed by atoms with Gasteiger partial charge in [-0.05, 0) is 38.5 Å². The third kappa shape index (κ3) is 52.1. The summed E-state index contributed by atoms with van der Waals surface area (Å²) >= 11 is 0. The highest BCUT2D eigenvalue weighted by atomic mass is 31.2. The minimum atomic E-state index is -4.37. The lowest BCUT2D eigenvalue weighted by atomic mass is 10.0. The van der Waals surface area contributed by atoms with Gasteiger partial charge in [0.15, 0.2) is 6.10 Å². The van der Waals surface area contributed by atoms with E-state index in [0.29, 0.717) is 6.42 Å². The fourth-order valence-corrected chi connectivity index (χ4v) is 9.40. The van der Waals surface area contributed by atoms with Crippen molar-refractivity contribution in [3.63, 3.8) is 0 Å². The molecular formula is C56H110NO8P. The van der Waals surface area contributed by atoms with E-state index in [2.05, 4.69) is 26.0 Å². The molecule has 0 fully saturated rings. The average Bonchev–Trinajstić information content (AvgIpc) is 3.31. The van der Waals surface area contributed by atoms with Gasteiger partial charge in [-0.15, -0.1) is 0 Å². The summed E-state index contributed by atoms with van der Waals surface area (Å²) < 4.78 is 32.7. The predicted molar refractivity (Wildman–Crippen MR) is 280 cm³/mol. The minimum Gasteiger partial charge on any atom is -0.462 e. The van der Waals surface area contributed by atoms with E-state index >= 15 is 0 Å². The molecule has 0 bridgehead atoms. The number of carbonyl (C=O) groups excluding carboxylic acids is 2. The van der Waals surface area contributed by atoms with E-state index < -0.39 is 26.5 Å². The summed E-state index contributed by atoms with van der Waals surface area (Å²) in [7, 11) is -4.37. The first kappa shape index (κ1) is 64.8. The van der Waals surface area contributed by atoms with Crippen molar-refractivity contribution in [1.29, 1.82) is 0 Å². The molecule has 0 radical (unpaired) electrons. The number of unbranched alkanes of at least 4 members (excludes halogenated alkanes) is 40. The van der Waals surface area contributed by atoms with Crippen LogP contribution in [0.2, 0.25) is 0 Å². The summed E-state index contributed by atoms with van der Waals surface area (Å²) in [6.45, 7) is 3.70. The first-order chi connectivity index (χ1) is 32.3. The van der Waals surface area contributed by atoms with Gasteiger partial charge in [0.25, 0.3) is 0 Å². The van der Waals surface area contributed by atoms with Gasteiger partial charge in [-0.2, -0.15) is 0 Å². The predicted octanol–water partition coefficient (Wildman–Crippen LogP) is 17.7. The second kappa shape index (κ2) is 53.1. The van der Waals surface area contributed by atoms with Crippen molar-refractivity contribution < 1.29 is 37.6 Å². The van der Waals surface area contributed by atoms with E-state index in [1.807, 2.05) is 0 Å². The Morgan fingerprint density at radius 2 is 0.742 bits per heavy atom. The largest absolute Gasteiger partial charge is 0.472 e. The Balaban J connectivity index is 3.59. The average molecular weight is 956 g/mol. The van der Waals surface area contributed by atoms with Crippen LogP contribution in [0.3, 0.4) is 0 Å². The van der Waals surface area contributed by atoms with Crippen LogP contribution >= 0.6 is 7.82 Å². The molecule has 0 rings (SSSR count). The van der Waals surface area contributed by atoms with Crippen molar-refractivity contribution in [1.82, 2.24) is 0 Å². The van der Waals surface area contributed by atoms with E-state index in [1.165, 1.54) is 231 Å². The van der Waals surface area contributed by atoms with Crippen LogP contribution in [0.15, 0.2) is 12.2 Å². The molecule has 3 N–H and O–H groups in total. The first-order valence-electron chi connectivity index (χ1n) is 28.7. The molecule has 66 heavy (non-hydrogen) atoms. The molecule has 392 valence electrons. The number of carbonyl (C=O) groups is 2. The topological polar surface area (TPSA) is 134 Å². The number of phosphoric ester groups is 1. The van der Waals surface area contributed by atoms with E-state index in [0.717, 1.165) is 38.5 Å². The van der Waals surface area contributed by atoms with Gasteiger partial charge < -0.3 is 20.1 Å². The van der Waals surface area contributed by atoms with Crippen LogP contribution < -0.4 is 5.73 Å². The quantitative estimate of drug-likeness (QED) is 0.0264. The molecular weight excluding hydrogens is 846 g/mol. The molecule has 0 aromatic rings. The summed E-state index contributed by atoms with van der Waals surface area (Å²) in [5.74, 6) is -0.823. The molecule has 0 heterocycles. The Kier molecular flexibility index (Phi) is 52.1. The van der Waals surface area contributed by atoms with Gasteiger partial charge in [-0.25, -0.2) is 4.57 Å². The molecule has 0 aromatic heterocycles. The van der Waals surface area contributed by atoms with Gasteiger partial charge in [0, 0.05) is 19.4 Å². The number of allylic oxidation sites excluding steroid dienone is 2. The van der Waals surface area contributed by atoms with Crippen LogP contribution in [0.1, 0.15) is 303 Å². The summed E-state index contributed by atoms with van der Waals surface area (Å²) in [5, 5.41) is 0. The maximum atomic E-state index is 12.6. The Labute approximate surface area is 409 Å². The maximum Gasteiger partial charge on any atom is 0.472 e. The molecule has 0 aliphatic rings. The van der Waals surface area contributed by atoms with Crippen molar-refractivity contribution in [2.75, 3.05) is 26.4 Å². The number of esters is 2. The zero-order valence-corrected chi connectivity index (χ0v) is 44.6. The first-order valence-corrected chi connectivity index (χ1v) is 30.2. The van der Waals surface area contributed by atoms with Crippen LogP contribution in [0.4, 0.5) is 0 Å². The summed E-state index contributed by atoms with van der Waals surface area (Å²) in [6, 6.07) is 0. The number of ether oxygens (including phenoxy) is 2. The Bertz CT molecular complexity index is 1090. The number of hydrogen-bond acceptors (Lipinski definition) is 8. The van der Waals surface area contributed by atoms with Crippen LogP contribution in [0, 0.1) is 0 Å². The molecule has 0 saturated carbocycles. The standard InChI is InChI=1S/C56H110NO8P/c1-3-5-7-9-11-12-13-14-15-16-17-18-19-20-21-22-23-24-25-26-27-28-29-30-31-32-33-34-35-36-37-38-39-40-41-42-43-45-47-49-56(59)65-54(53-64-66(60,61)63-51-50-57)52-62-55(58)48-46-44-10-8-6-4-2/h16-17,54H,3-15,18-53,57H2,1-2H3,(H,60,61)/b17-16-. The van der Waals surface area contributed by atoms with Crippen molar-refractivity contribution in [2.45, 2.75) is 309 Å². The highest BCUT2D eigenvalue weighted by Crippen LogP contribution is 2.43. The summed E-state index contributed by atoms with van der Waals surface area (Å²) in [5.41, 5.74) is 5.34. The monoisotopic (exact) mass is 956 g/mol. The minimum absolute atomic E-state index is 0.0571. The van der Waals surface area contributed by atoms with E-state index in [-0.39, 0.29) is 38.6 Å². The van der Waals surface area contributed by atoms with Crippen LogP contribution in [-0.4, -0.2) is 49.3 Å². The van der Waals surface area contributed by atoms with Crippen molar-refractivity contribution in [3.8, 4) is 0 Å². The molecule has 0 saturated heterocycles. The lowest BCUT2D eigenvalue weighted by Gasteiger charge is -2.19. The molecule has 2 atom stereocenters. The highest BCUT2D eigenvalue weighted by Gasteiger charge is 2.26. The lowest BCUT2D eigenvalue weighted by molar-refractivity contribution is -0.161. The summed E-state index contributed by atoms with van der Waals surface area (Å²) in [4.78, 5) is 34.7. The normalized spacial score (nSPS) is 13.1. The molecule has 0 aliphatic heterocycles. The van der Waals surface area contributed by atoms with Gasteiger partial charge in [0.05, 0.1) is 13.2 Å². The van der Waals surface area contributed by atoms with Crippen LogP contribution in [0.5, 0.6) is 0 Å². The molecule has 10 heteroatoms. The molecule has 2 unspecified atom stereocenters. The van der Waals surface area contributed by atoms with Crippen LogP contribution in [-0.2, 0) is 32.7 Å².